The van der Waals surface area contributed by atoms with Crippen molar-refractivity contribution in [3.63, 3.8) is 0 Å². The Morgan fingerprint density at radius 3 is 2.70 bits per heavy atom. The molecular formula is C19H20ClN5OS. The number of benzene rings is 2. The van der Waals surface area contributed by atoms with Crippen molar-refractivity contribution in [3.8, 4) is 5.69 Å². The summed E-state index contributed by atoms with van der Waals surface area (Å²) in [7, 11) is 0. The van der Waals surface area contributed by atoms with Crippen LogP contribution in [0.4, 0.5) is 0 Å². The van der Waals surface area contributed by atoms with Gasteiger partial charge in [0.2, 0.25) is 11.1 Å². The molecule has 0 unspecified atom stereocenters. The second-order valence-electron chi connectivity index (χ2n) is 6.18. The largest absolute Gasteiger partial charge is 0.355 e. The summed E-state index contributed by atoms with van der Waals surface area (Å²) in [5.41, 5.74) is 4.30. The van der Waals surface area contributed by atoms with Crippen molar-refractivity contribution in [1.29, 1.82) is 0 Å². The normalized spacial score (nSPS) is 10.8. The lowest BCUT2D eigenvalue weighted by molar-refractivity contribution is -0.118. The molecule has 140 valence electrons. The number of carbonyl (C=O) groups excluding carboxylic acids is 1. The highest BCUT2D eigenvalue weighted by Gasteiger charge is 2.13. The van der Waals surface area contributed by atoms with Gasteiger partial charge in [0.15, 0.2) is 0 Å². The Balaban J connectivity index is 1.52. The van der Waals surface area contributed by atoms with Crippen LogP contribution >= 0.6 is 23.4 Å². The van der Waals surface area contributed by atoms with E-state index in [9.17, 15) is 4.79 Å². The van der Waals surface area contributed by atoms with Crippen LogP contribution < -0.4 is 5.32 Å². The molecule has 0 aliphatic carbocycles. The molecule has 1 aromatic heterocycles. The van der Waals surface area contributed by atoms with E-state index in [0.29, 0.717) is 16.7 Å². The van der Waals surface area contributed by atoms with Gasteiger partial charge in [-0.15, -0.1) is 5.10 Å². The van der Waals surface area contributed by atoms with Crippen LogP contribution in [0.2, 0.25) is 5.02 Å². The van der Waals surface area contributed by atoms with Gasteiger partial charge in [-0.05, 0) is 60.0 Å². The van der Waals surface area contributed by atoms with Crippen molar-refractivity contribution in [1.82, 2.24) is 25.5 Å². The van der Waals surface area contributed by atoms with Crippen LogP contribution in [-0.2, 0) is 11.2 Å². The van der Waals surface area contributed by atoms with Gasteiger partial charge >= 0.3 is 0 Å². The Morgan fingerprint density at radius 1 is 1.19 bits per heavy atom. The van der Waals surface area contributed by atoms with Gasteiger partial charge in [0.25, 0.3) is 0 Å². The highest BCUT2D eigenvalue weighted by atomic mass is 35.5. The van der Waals surface area contributed by atoms with Gasteiger partial charge in [-0.1, -0.05) is 53.2 Å². The molecule has 6 nitrogen and oxygen atoms in total. The number of rotatable bonds is 7. The predicted molar refractivity (Wildman–Crippen MR) is 108 cm³/mol. The molecule has 0 fully saturated rings. The second-order valence-corrected chi connectivity index (χ2v) is 7.56. The molecule has 0 aliphatic heterocycles. The van der Waals surface area contributed by atoms with Crippen LogP contribution in [0, 0.1) is 13.8 Å². The molecule has 0 radical (unpaired) electrons. The minimum Gasteiger partial charge on any atom is -0.355 e. The highest BCUT2D eigenvalue weighted by Crippen LogP contribution is 2.21. The number of nitrogens with zero attached hydrogens (tertiary/aromatic N) is 4. The maximum atomic E-state index is 12.1. The van der Waals surface area contributed by atoms with E-state index in [0.717, 1.165) is 23.2 Å². The SMILES string of the molecule is Cc1ccc(-n2nnnc2SCC(=O)NCCc2ccc(Cl)cc2)c(C)c1. The second kappa shape index (κ2) is 9.01. The topological polar surface area (TPSA) is 72.7 Å². The average molecular weight is 402 g/mol. The molecule has 0 bridgehead atoms. The van der Waals surface area contributed by atoms with E-state index < -0.39 is 0 Å². The predicted octanol–water partition coefficient (Wildman–Crippen LogP) is 3.38. The van der Waals surface area contributed by atoms with Crippen LogP contribution in [-0.4, -0.2) is 38.4 Å². The summed E-state index contributed by atoms with van der Waals surface area (Å²) < 4.78 is 1.67. The number of nitrogens with one attached hydrogen (secondary N) is 1. The maximum Gasteiger partial charge on any atom is 0.230 e. The lowest BCUT2D eigenvalue weighted by atomic mass is 10.1. The van der Waals surface area contributed by atoms with Crippen molar-refractivity contribution >= 4 is 29.3 Å². The van der Waals surface area contributed by atoms with E-state index in [1.807, 2.05) is 50.2 Å². The fourth-order valence-electron chi connectivity index (χ4n) is 2.64. The Labute approximate surface area is 167 Å². The van der Waals surface area contributed by atoms with Crippen LogP contribution in [0.1, 0.15) is 16.7 Å². The Morgan fingerprint density at radius 2 is 1.96 bits per heavy atom. The summed E-state index contributed by atoms with van der Waals surface area (Å²) in [6.07, 6.45) is 0.758. The van der Waals surface area contributed by atoms with Gasteiger partial charge < -0.3 is 5.32 Å². The first-order valence-corrected chi connectivity index (χ1v) is 9.89. The molecular weight excluding hydrogens is 382 g/mol. The number of aromatic nitrogens is 4. The Hall–Kier alpha value is -2.38. The van der Waals surface area contributed by atoms with Crippen molar-refractivity contribution in [3.05, 3.63) is 64.2 Å². The first kappa shape index (κ1) is 19.4. The number of aryl methyl sites for hydroxylation is 2. The lowest BCUT2D eigenvalue weighted by Gasteiger charge is -2.08. The fourth-order valence-corrected chi connectivity index (χ4v) is 3.48. The molecule has 0 saturated carbocycles. The number of carbonyl (C=O) groups is 1. The highest BCUT2D eigenvalue weighted by molar-refractivity contribution is 7.99. The van der Waals surface area contributed by atoms with Crippen molar-refractivity contribution in [2.45, 2.75) is 25.4 Å². The summed E-state index contributed by atoms with van der Waals surface area (Å²) >= 11 is 7.19. The standard InChI is InChI=1S/C19H20ClN5OS/c1-13-3-8-17(14(2)11-13)25-19(22-23-24-25)27-12-18(26)21-10-9-15-4-6-16(20)7-5-15/h3-8,11H,9-10,12H2,1-2H3,(H,21,26). The fraction of sp³-hybridized carbons (Fsp3) is 0.263. The minimum absolute atomic E-state index is 0.0517. The van der Waals surface area contributed by atoms with E-state index in [2.05, 4.69) is 26.9 Å². The molecule has 0 spiro atoms. The minimum atomic E-state index is -0.0517. The van der Waals surface area contributed by atoms with Crippen LogP contribution in [0.25, 0.3) is 5.69 Å². The number of tetrazole rings is 1. The summed E-state index contributed by atoms with van der Waals surface area (Å²) in [5.74, 6) is 0.204. The smallest absolute Gasteiger partial charge is 0.230 e. The third-order valence-electron chi connectivity index (χ3n) is 4.00. The van der Waals surface area contributed by atoms with Gasteiger partial charge in [0.05, 0.1) is 11.4 Å². The van der Waals surface area contributed by atoms with E-state index >= 15 is 0 Å². The maximum absolute atomic E-state index is 12.1. The van der Waals surface area contributed by atoms with E-state index in [1.165, 1.54) is 17.3 Å². The van der Waals surface area contributed by atoms with Crippen LogP contribution in [0.3, 0.4) is 0 Å². The summed E-state index contributed by atoms with van der Waals surface area (Å²) in [5, 5.41) is 16.1. The zero-order chi connectivity index (χ0) is 19.2. The number of hydrogen-bond acceptors (Lipinski definition) is 5. The molecule has 3 aromatic rings. The number of hydrogen-bond donors (Lipinski definition) is 1. The van der Waals surface area contributed by atoms with Crippen molar-refractivity contribution < 1.29 is 4.79 Å². The molecule has 2 aromatic carbocycles. The molecule has 0 aliphatic rings. The molecule has 8 heteroatoms. The summed E-state index contributed by atoms with van der Waals surface area (Å²) in [6, 6.07) is 13.7. The van der Waals surface area contributed by atoms with Crippen molar-refractivity contribution in [2.75, 3.05) is 12.3 Å². The first-order valence-electron chi connectivity index (χ1n) is 8.53. The van der Waals surface area contributed by atoms with E-state index in [1.54, 1.807) is 4.68 Å². The molecule has 27 heavy (non-hydrogen) atoms. The Bertz CT molecular complexity index is 926. The van der Waals surface area contributed by atoms with Crippen molar-refractivity contribution in [2.24, 2.45) is 0 Å². The van der Waals surface area contributed by atoms with Crippen LogP contribution in [0.5, 0.6) is 0 Å². The zero-order valence-electron chi connectivity index (χ0n) is 15.1. The van der Waals surface area contributed by atoms with E-state index in [-0.39, 0.29) is 11.7 Å². The molecule has 1 heterocycles. The lowest BCUT2D eigenvalue weighted by Crippen LogP contribution is -2.27. The molecule has 1 N–H and O–H groups in total. The first-order chi connectivity index (χ1) is 13.0. The van der Waals surface area contributed by atoms with Gasteiger partial charge in [0, 0.05) is 11.6 Å². The number of halogens is 1. The molecule has 0 atom stereocenters. The summed E-state index contributed by atoms with van der Waals surface area (Å²) in [6.45, 7) is 4.63. The number of amides is 1. The molecule has 1 amide bonds. The zero-order valence-corrected chi connectivity index (χ0v) is 16.7. The monoisotopic (exact) mass is 401 g/mol. The quantitative estimate of drug-likeness (QED) is 0.614. The average Bonchev–Trinajstić information content (AvgIpc) is 3.10. The summed E-state index contributed by atoms with van der Waals surface area (Å²) in [4.78, 5) is 12.1. The van der Waals surface area contributed by atoms with Gasteiger partial charge in [-0.25, -0.2) is 0 Å². The molecule has 0 saturated heterocycles. The van der Waals surface area contributed by atoms with Gasteiger partial charge in [0.1, 0.15) is 0 Å². The third kappa shape index (κ3) is 5.30. The van der Waals surface area contributed by atoms with E-state index in [4.69, 9.17) is 11.6 Å². The number of thioether (sulfide) groups is 1. The van der Waals surface area contributed by atoms with Gasteiger partial charge in [-0.3, -0.25) is 4.79 Å². The Kier molecular flexibility index (Phi) is 6.47. The van der Waals surface area contributed by atoms with Crippen LogP contribution in [0.15, 0.2) is 47.6 Å². The molecule has 3 rings (SSSR count). The third-order valence-corrected chi connectivity index (χ3v) is 5.17. The van der Waals surface area contributed by atoms with Gasteiger partial charge in [-0.2, -0.15) is 4.68 Å².